The molecule has 0 aliphatic rings. The highest BCUT2D eigenvalue weighted by atomic mass is 32.2. The number of nitrogen functional groups attached to an aromatic ring is 2. The van der Waals surface area contributed by atoms with Crippen LogP contribution in [-0.2, 0) is 11.3 Å². The lowest BCUT2D eigenvalue weighted by Crippen LogP contribution is -2.28. The predicted octanol–water partition coefficient (Wildman–Crippen LogP) is 0.926. The summed E-state index contributed by atoms with van der Waals surface area (Å²) in [5.74, 6) is -0.434. The largest absolute Gasteiger partial charge is 0.368 e. The van der Waals surface area contributed by atoms with Gasteiger partial charge < -0.3 is 16.4 Å². The van der Waals surface area contributed by atoms with Gasteiger partial charge in [-0.1, -0.05) is 30.0 Å². The Morgan fingerprint density at radius 2 is 1.86 bits per heavy atom. The number of amides is 1. The second kappa shape index (κ2) is 7.03. The summed E-state index contributed by atoms with van der Waals surface area (Å²) >= 11 is 1.09. The Labute approximate surface area is 130 Å². The summed E-state index contributed by atoms with van der Waals surface area (Å²) in [6, 6.07) is 6.33. The fourth-order valence-corrected chi connectivity index (χ4v) is 2.45. The molecule has 0 radical (unpaired) electrons. The molecule has 0 atom stereocenters. The first-order valence-electron chi connectivity index (χ1n) is 6.33. The third kappa shape index (κ3) is 4.29. The molecule has 22 heavy (non-hydrogen) atoms. The van der Waals surface area contributed by atoms with Gasteiger partial charge in [0, 0.05) is 19.2 Å². The molecule has 0 bridgehead atoms. The van der Waals surface area contributed by atoms with Crippen LogP contribution in [0.15, 0.2) is 29.4 Å². The molecule has 1 aromatic carbocycles. The lowest BCUT2D eigenvalue weighted by molar-refractivity contribution is -0.127. The second-order valence-corrected chi connectivity index (χ2v) is 5.41. The molecule has 0 aliphatic carbocycles. The zero-order valence-electron chi connectivity index (χ0n) is 11.9. The molecule has 1 heterocycles. The van der Waals surface area contributed by atoms with Gasteiger partial charge in [-0.05, 0) is 6.07 Å². The summed E-state index contributed by atoms with van der Waals surface area (Å²) in [5.41, 5.74) is 11.4. The van der Waals surface area contributed by atoms with Crippen LogP contribution in [0.2, 0.25) is 0 Å². The summed E-state index contributed by atoms with van der Waals surface area (Å²) in [5, 5.41) is 0.276. The van der Waals surface area contributed by atoms with Crippen molar-refractivity contribution in [1.29, 1.82) is 0 Å². The molecular formula is C13H15FN6OS. The zero-order chi connectivity index (χ0) is 16.1. The maximum atomic E-state index is 13.6. The van der Waals surface area contributed by atoms with E-state index >= 15 is 0 Å². The molecule has 7 nitrogen and oxygen atoms in total. The van der Waals surface area contributed by atoms with Crippen molar-refractivity contribution in [1.82, 2.24) is 19.9 Å². The number of nitrogens with zero attached hydrogens (tertiary/aromatic N) is 4. The van der Waals surface area contributed by atoms with Gasteiger partial charge in [-0.2, -0.15) is 15.0 Å². The summed E-state index contributed by atoms with van der Waals surface area (Å²) in [4.78, 5) is 24.9. The fraction of sp³-hybridized carbons (Fsp3) is 0.231. The highest BCUT2D eigenvalue weighted by Gasteiger charge is 2.13. The number of hydrogen-bond acceptors (Lipinski definition) is 7. The number of benzene rings is 1. The molecule has 0 unspecified atom stereocenters. The molecule has 1 aromatic heterocycles. The van der Waals surface area contributed by atoms with Gasteiger partial charge in [0.25, 0.3) is 0 Å². The average molecular weight is 322 g/mol. The Kier molecular flexibility index (Phi) is 5.10. The smallest absolute Gasteiger partial charge is 0.233 e. The molecule has 0 spiro atoms. The number of carbonyl (C=O) groups excluding carboxylic acids is 1. The van der Waals surface area contributed by atoms with Gasteiger partial charge in [0.05, 0.1) is 5.75 Å². The van der Waals surface area contributed by atoms with Crippen molar-refractivity contribution in [2.75, 3.05) is 24.3 Å². The Morgan fingerprint density at radius 3 is 2.50 bits per heavy atom. The Morgan fingerprint density at radius 1 is 1.23 bits per heavy atom. The van der Waals surface area contributed by atoms with E-state index in [9.17, 15) is 9.18 Å². The molecule has 1 amide bonds. The van der Waals surface area contributed by atoms with Crippen LogP contribution in [0, 0.1) is 5.82 Å². The molecule has 116 valence electrons. The monoisotopic (exact) mass is 322 g/mol. The van der Waals surface area contributed by atoms with Crippen LogP contribution in [0.5, 0.6) is 0 Å². The molecule has 0 saturated heterocycles. The number of hydrogen-bond donors (Lipinski definition) is 2. The van der Waals surface area contributed by atoms with Crippen LogP contribution < -0.4 is 11.5 Å². The van der Waals surface area contributed by atoms with Crippen molar-refractivity contribution in [2.45, 2.75) is 11.7 Å². The van der Waals surface area contributed by atoms with Crippen LogP contribution >= 0.6 is 11.8 Å². The third-order valence-corrected chi connectivity index (χ3v) is 3.60. The van der Waals surface area contributed by atoms with Crippen molar-refractivity contribution in [3.8, 4) is 0 Å². The van der Waals surface area contributed by atoms with Gasteiger partial charge in [0.2, 0.25) is 17.8 Å². The molecule has 2 aromatic rings. The molecule has 9 heteroatoms. The first kappa shape index (κ1) is 16.0. The molecule has 4 N–H and O–H groups in total. The highest BCUT2D eigenvalue weighted by molar-refractivity contribution is 7.99. The van der Waals surface area contributed by atoms with Crippen molar-refractivity contribution >= 4 is 29.6 Å². The van der Waals surface area contributed by atoms with Gasteiger partial charge in [0.1, 0.15) is 5.82 Å². The maximum Gasteiger partial charge on any atom is 0.233 e. The molecule has 2 rings (SSSR count). The summed E-state index contributed by atoms with van der Waals surface area (Å²) < 4.78 is 13.6. The minimum Gasteiger partial charge on any atom is -0.368 e. The van der Waals surface area contributed by atoms with Crippen LogP contribution in [0.3, 0.4) is 0 Å². The Bertz CT molecular complexity index is 663. The Hall–Kier alpha value is -2.42. The number of aromatic nitrogens is 3. The number of nitrogens with two attached hydrogens (primary N) is 2. The van der Waals surface area contributed by atoms with Crippen LogP contribution in [-0.4, -0.2) is 38.6 Å². The molecule has 0 saturated carbocycles. The van der Waals surface area contributed by atoms with Gasteiger partial charge in [-0.3, -0.25) is 4.79 Å². The van der Waals surface area contributed by atoms with Crippen molar-refractivity contribution in [3.63, 3.8) is 0 Å². The van der Waals surface area contributed by atoms with Gasteiger partial charge in [-0.25, -0.2) is 4.39 Å². The van der Waals surface area contributed by atoms with E-state index in [-0.39, 0.29) is 41.1 Å². The zero-order valence-corrected chi connectivity index (χ0v) is 12.7. The van der Waals surface area contributed by atoms with Crippen molar-refractivity contribution < 1.29 is 9.18 Å². The van der Waals surface area contributed by atoms with Gasteiger partial charge >= 0.3 is 0 Å². The lowest BCUT2D eigenvalue weighted by Gasteiger charge is -2.17. The topological polar surface area (TPSA) is 111 Å². The van der Waals surface area contributed by atoms with Gasteiger partial charge in [0.15, 0.2) is 5.16 Å². The first-order chi connectivity index (χ1) is 10.5. The minimum atomic E-state index is -0.340. The summed E-state index contributed by atoms with van der Waals surface area (Å²) in [6.07, 6.45) is 0. The number of thioether (sulfide) groups is 1. The van der Waals surface area contributed by atoms with Crippen molar-refractivity contribution in [3.05, 3.63) is 35.6 Å². The van der Waals surface area contributed by atoms with Crippen molar-refractivity contribution in [2.24, 2.45) is 0 Å². The summed E-state index contributed by atoms with van der Waals surface area (Å²) in [7, 11) is 1.60. The normalized spacial score (nSPS) is 10.5. The molecule has 0 fully saturated rings. The van der Waals surface area contributed by atoms with Crippen LogP contribution in [0.25, 0.3) is 0 Å². The highest BCUT2D eigenvalue weighted by Crippen LogP contribution is 2.16. The minimum absolute atomic E-state index is 0.00200. The quantitative estimate of drug-likeness (QED) is 0.787. The van der Waals surface area contributed by atoms with Crippen LogP contribution in [0.4, 0.5) is 16.3 Å². The average Bonchev–Trinajstić information content (AvgIpc) is 2.46. The standard InChI is InChI=1S/C13H15FN6OS/c1-20(6-8-4-2-3-5-9(8)14)10(21)7-22-13-18-11(15)17-12(16)19-13/h2-5H,6-7H2,1H3,(H4,15,16,17,18,19). The van der Waals surface area contributed by atoms with Gasteiger partial charge in [-0.15, -0.1) is 0 Å². The fourth-order valence-electron chi connectivity index (χ4n) is 1.66. The lowest BCUT2D eigenvalue weighted by atomic mass is 10.2. The number of halogens is 1. The maximum absolute atomic E-state index is 13.6. The number of carbonyl (C=O) groups is 1. The van der Waals surface area contributed by atoms with E-state index < -0.39 is 0 Å². The summed E-state index contributed by atoms with van der Waals surface area (Å²) in [6.45, 7) is 0.188. The van der Waals surface area contributed by atoms with E-state index in [1.54, 1.807) is 25.2 Å². The van der Waals surface area contributed by atoms with E-state index in [1.807, 2.05) is 0 Å². The number of anilines is 2. The van der Waals surface area contributed by atoms with E-state index in [0.717, 1.165) is 11.8 Å². The SMILES string of the molecule is CN(Cc1ccccc1F)C(=O)CSc1nc(N)nc(N)n1. The molecular weight excluding hydrogens is 307 g/mol. The van der Waals surface area contributed by atoms with E-state index in [4.69, 9.17) is 11.5 Å². The number of rotatable bonds is 5. The predicted molar refractivity (Wildman–Crippen MR) is 82.2 cm³/mol. The van der Waals surface area contributed by atoms with E-state index in [0.29, 0.717) is 5.56 Å². The second-order valence-electron chi connectivity index (χ2n) is 4.46. The van der Waals surface area contributed by atoms with E-state index in [2.05, 4.69) is 15.0 Å². The van der Waals surface area contributed by atoms with E-state index in [1.165, 1.54) is 11.0 Å². The van der Waals surface area contributed by atoms with Crippen LogP contribution in [0.1, 0.15) is 5.56 Å². The third-order valence-electron chi connectivity index (χ3n) is 2.77. The Balaban J connectivity index is 1.93. The first-order valence-corrected chi connectivity index (χ1v) is 7.31. The molecule has 0 aliphatic heterocycles.